The summed E-state index contributed by atoms with van der Waals surface area (Å²) in [7, 11) is 1.34. The number of nitrogens with one attached hydrogen (secondary N) is 3. The Balaban J connectivity index is 1.45. The van der Waals surface area contributed by atoms with Gasteiger partial charge in [-0.1, -0.05) is 24.3 Å². The number of hydrogen-bond donors (Lipinski definition) is 3. The van der Waals surface area contributed by atoms with Crippen LogP contribution in [0.5, 0.6) is 5.75 Å². The molecule has 1 aromatic heterocycles. The van der Waals surface area contributed by atoms with E-state index in [1.54, 1.807) is 62.5 Å². The quantitative estimate of drug-likeness (QED) is 0.137. The van der Waals surface area contributed by atoms with Crippen molar-refractivity contribution in [3.8, 4) is 11.4 Å². The van der Waals surface area contributed by atoms with Crippen LogP contribution in [0.3, 0.4) is 0 Å². The standard InChI is InChI=1S/C31H33N5O6S/c1-6-41-30(39)27-19(3)33-31(43)34-28(27)24-12-7-8-13-25(24)42-17-26(37)35-32-16-22-14-18(2)36(20(22)4)23-11-9-10-21(15-23)29(38)40-5/h7-16,28H,6,17H2,1-5H3,(H,35,37)(H2,33,34,43)/t28-/m0/s1. The van der Waals surface area contributed by atoms with Crippen LogP contribution < -0.4 is 20.8 Å². The highest BCUT2D eigenvalue weighted by molar-refractivity contribution is 7.80. The lowest BCUT2D eigenvalue weighted by atomic mass is 9.95. The molecule has 1 atom stereocenters. The molecule has 43 heavy (non-hydrogen) atoms. The number of nitrogens with zero attached hydrogens (tertiary/aromatic N) is 2. The smallest absolute Gasteiger partial charge is 0.338 e. The maximum absolute atomic E-state index is 12.7. The monoisotopic (exact) mass is 603 g/mol. The van der Waals surface area contributed by atoms with Crippen molar-refractivity contribution in [2.45, 2.75) is 33.7 Å². The van der Waals surface area contributed by atoms with E-state index in [0.29, 0.717) is 33.3 Å². The maximum Gasteiger partial charge on any atom is 0.338 e. The number of carbonyl (C=O) groups is 3. The summed E-state index contributed by atoms with van der Waals surface area (Å²) in [6.07, 6.45) is 1.55. The molecule has 12 heteroatoms. The highest BCUT2D eigenvalue weighted by Gasteiger charge is 2.32. The van der Waals surface area contributed by atoms with Crippen LogP contribution in [0.25, 0.3) is 5.69 Å². The Kier molecular flexibility index (Phi) is 9.94. The van der Waals surface area contributed by atoms with Crippen LogP contribution in [0.4, 0.5) is 0 Å². The Morgan fingerprint density at radius 3 is 2.58 bits per heavy atom. The molecule has 0 radical (unpaired) electrons. The van der Waals surface area contributed by atoms with E-state index < -0.39 is 23.9 Å². The number of allylic oxidation sites excluding steroid dienone is 1. The lowest BCUT2D eigenvalue weighted by Gasteiger charge is -2.30. The number of carbonyl (C=O) groups excluding carboxylic acids is 3. The van der Waals surface area contributed by atoms with Gasteiger partial charge in [0.25, 0.3) is 5.91 Å². The summed E-state index contributed by atoms with van der Waals surface area (Å²) in [6.45, 7) is 7.24. The zero-order valence-corrected chi connectivity index (χ0v) is 25.3. The largest absolute Gasteiger partial charge is 0.483 e. The third kappa shape index (κ3) is 7.09. The molecular weight excluding hydrogens is 570 g/mol. The average Bonchev–Trinajstić information content (AvgIpc) is 3.27. The van der Waals surface area contributed by atoms with Gasteiger partial charge in [-0.25, -0.2) is 15.0 Å². The highest BCUT2D eigenvalue weighted by atomic mass is 32.1. The molecule has 0 saturated heterocycles. The fourth-order valence-electron chi connectivity index (χ4n) is 4.81. The molecule has 11 nitrogen and oxygen atoms in total. The number of rotatable bonds is 10. The number of para-hydroxylation sites is 1. The number of benzene rings is 2. The number of aryl methyl sites for hydroxylation is 1. The number of hydrazone groups is 1. The molecule has 224 valence electrons. The minimum Gasteiger partial charge on any atom is -0.483 e. The summed E-state index contributed by atoms with van der Waals surface area (Å²) in [6, 6.07) is 15.5. The summed E-state index contributed by atoms with van der Waals surface area (Å²) >= 11 is 5.32. The van der Waals surface area contributed by atoms with E-state index >= 15 is 0 Å². The molecule has 2 heterocycles. The Hall–Kier alpha value is -4.97. The van der Waals surface area contributed by atoms with Crippen molar-refractivity contribution in [1.82, 2.24) is 20.6 Å². The minimum absolute atomic E-state index is 0.220. The number of amides is 1. The van der Waals surface area contributed by atoms with Gasteiger partial charge in [-0.2, -0.15) is 5.10 Å². The molecule has 1 aliphatic rings. The molecular formula is C31H33N5O6S. The second-order valence-electron chi connectivity index (χ2n) is 9.61. The van der Waals surface area contributed by atoms with Crippen molar-refractivity contribution in [2.75, 3.05) is 20.3 Å². The molecule has 0 saturated carbocycles. The van der Waals surface area contributed by atoms with Crippen molar-refractivity contribution in [2.24, 2.45) is 5.10 Å². The van der Waals surface area contributed by atoms with Gasteiger partial charge < -0.3 is 29.4 Å². The Bertz CT molecular complexity index is 1630. The van der Waals surface area contributed by atoms with Gasteiger partial charge in [0.15, 0.2) is 11.7 Å². The van der Waals surface area contributed by atoms with Crippen LogP contribution in [0.15, 0.2) is 71.0 Å². The maximum atomic E-state index is 12.7. The third-order valence-corrected chi connectivity index (χ3v) is 6.96. The van der Waals surface area contributed by atoms with Gasteiger partial charge in [0.05, 0.1) is 37.1 Å². The number of aromatic nitrogens is 1. The van der Waals surface area contributed by atoms with E-state index in [0.717, 1.165) is 22.6 Å². The van der Waals surface area contributed by atoms with E-state index in [4.69, 9.17) is 26.4 Å². The molecule has 0 fully saturated rings. The van der Waals surface area contributed by atoms with E-state index in [9.17, 15) is 14.4 Å². The summed E-state index contributed by atoms with van der Waals surface area (Å²) in [5.74, 6) is -0.974. The predicted molar refractivity (Wildman–Crippen MR) is 165 cm³/mol. The van der Waals surface area contributed by atoms with Gasteiger partial charge in [-0.05, 0) is 70.2 Å². The summed E-state index contributed by atoms with van der Waals surface area (Å²) in [4.78, 5) is 37.4. The number of esters is 2. The summed E-state index contributed by atoms with van der Waals surface area (Å²) in [5.41, 5.74) is 7.88. The van der Waals surface area contributed by atoms with E-state index in [2.05, 4.69) is 21.2 Å². The molecule has 0 bridgehead atoms. The lowest BCUT2D eigenvalue weighted by molar-refractivity contribution is -0.139. The molecule has 0 unspecified atom stereocenters. The van der Waals surface area contributed by atoms with Crippen LogP contribution in [-0.2, 0) is 19.1 Å². The molecule has 3 aromatic rings. The van der Waals surface area contributed by atoms with Crippen molar-refractivity contribution in [3.63, 3.8) is 0 Å². The first-order valence-corrected chi connectivity index (χ1v) is 13.9. The fourth-order valence-corrected chi connectivity index (χ4v) is 5.08. The predicted octanol–water partition coefficient (Wildman–Crippen LogP) is 3.77. The molecule has 1 aliphatic heterocycles. The second-order valence-corrected chi connectivity index (χ2v) is 10.0. The average molecular weight is 604 g/mol. The molecule has 3 N–H and O–H groups in total. The fraction of sp³-hybridized carbons (Fsp3) is 0.258. The summed E-state index contributed by atoms with van der Waals surface area (Å²) in [5, 5.41) is 10.5. The molecule has 2 aromatic carbocycles. The SMILES string of the molecule is CCOC(=O)C1=C(C)NC(=S)N[C@H]1c1ccccc1OCC(=O)NN=Cc1cc(C)n(-c2cccc(C(=O)OC)c2)c1C. The van der Waals surface area contributed by atoms with Gasteiger partial charge in [-0.3, -0.25) is 4.79 Å². The van der Waals surface area contributed by atoms with Crippen LogP contribution in [0.2, 0.25) is 0 Å². The van der Waals surface area contributed by atoms with Crippen LogP contribution in [-0.4, -0.2) is 54.1 Å². The number of hydrogen-bond acceptors (Lipinski definition) is 8. The van der Waals surface area contributed by atoms with E-state index in [1.807, 2.05) is 30.5 Å². The van der Waals surface area contributed by atoms with Crippen molar-refractivity contribution in [1.29, 1.82) is 0 Å². The van der Waals surface area contributed by atoms with Crippen molar-refractivity contribution < 1.29 is 28.6 Å². The Labute approximate surface area is 254 Å². The van der Waals surface area contributed by atoms with E-state index in [1.165, 1.54) is 7.11 Å². The lowest BCUT2D eigenvalue weighted by Crippen LogP contribution is -2.45. The van der Waals surface area contributed by atoms with Crippen molar-refractivity contribution >= 4 is 41.4 Å². The molecule has 0 spiro atoms. The summed E-state index contributed by atoms with van der Waals surface area (Å²) < 4.78 is 17.9. The van der Waals surface area contributed by atoms with Crippen LogP contribution in [0.1, 0.15) is 52.8 Å². The zero-order chi connectivity index (χ0) is 31.1. The molecule has 4 rings (SSSR count). The first-order chi connectivity index (χ1) is 20.6. The second kappa shape index (κ2) is 13.8. The molecule has 1 amide bonds. The molecule has 0 aliphatic carbocycles. The highest BCUT2D eigenvalue weighted by Crippen LogP contribution is 2.33. The van der Waals surface area contributed by atoms with Crippen LogP contribution in [0, 0.1) is 13.8 Å². The third-order valence-electron chi connectivity index (χ3n) is 6.74. The minimum atomic E-state index is -0.631. The number of ether oxygens (including phenoxy) is 3. The Morgan fingerprint density at radius 2 is 1.84 bits per heavy atom. The van der Waals surface area contributed by atoms with Crippen molar-refractivity contribution in [3.05, 3.63) is 93.9 Å². The van der Waals surface area contributed by atoms with E-state index in [-0.39, 0.29) is 13.2 Å². The van der Waals surface area contributed by atoms with Crippen LogP contribution >= 0.6 is 12.2 Å². The van der Waals surface area contributed by atoms with Gasteiger partial charge >= 0.3 is 11.9 Å². The van der Waals surface area contributed by atoms with Gasteiger partial charge in [0.2, 0.25) is 0 Å². The Morgan fingerprint density at radius 1 is 1.07 bits per heavy atom. The zero-order valence-electron chi connectivity index (χ0n) is 24.5. The normalized spacial score (nSPS) is 14.6. The first kappa shape index (κ1) is 31.0. The van der Waals surface area contributed by atoms with Gasteiger partial charge in [0.1, 0.15) is 5.75 Å². The van der Waals surface area contributed by atoms with Gasteiger partial charge in [-0.15, -0.1) is 0 Å². The topological polar surface area (TPSA) is 132 Å². The first-order valence-electron chi connectivity index (χ1n) is 13.5. The van der Waals surface area contributed by atoms with Gasteiger partial charge in [0, 0.05) is 33.9 Å². The number of thiocarbonyl (C=S) groups is 1. The number of methoxy groups -OCH3 is 1.